The highest BCUT2D eigenvalue weighted by atomic mass is 16.5. The number of unbranched alkanes of at least 4 members (excludes halogenated alkanes) is 1. The molecule has 0 aliphatic rings. The zero-order chi connectivity index (χ0) is 17.9. The van der Waals surface area contributed by atoms with Gasteiger partial charge in [-0.25, -0.2) is 0 Å². The zero-order valence-corrected chi connectivity index (χ0v) is 14.7. The van der Waals surface area contributed by atoms with E-state index in [1.807, 2.05) is 36.4 Å². The molecule has 2 aromatic rings. The van der Waals surface area contributed by atoms with Gasteiger partial charge in [0, 0.05) is 19.5 Å². The molecule has 5 heteroatoms. The minimum Gasteiger partial charge on any atom is -0.497 e. The largest absolute Gasteiger partial charge is 0.497 e. The van der Waals surface area contributed by atoms with Gasteiger partial charge in [0.2, 0.25) is 0 Å². The topological polar surface area (TPSA) is 63.5 Å². The van der Waals surface area contributed by atoms with Gasteiger partial charge in [0.05, 0.1) is 26.9 Å². The van der Waals surface area contributed by atoms with Crippen molar-refractivity contribution in [1.82, 2.24) is 5.32 Å². The predicted octanol–water partition coefficient (Wildman–Crippen LogP) is 3.68. The van der Waals surface area contributed by atoms with Crippen LogP contribution in [0, 0.1) is 11.3 Å². The Balaban J connectivity index is 1.91. The van der Waals surface area contributed by atoms with Crippen LogP contribution in [0.2, 0.25) is 0 Å². The maximum absolute atomic E-state index is 8.59. The van der Waals surface area contributed by atoms with E-state index in [1.165, 1.54) is 5.56 Å². The maximum atomic E-state index is 8.59. The second-order valence-corrected chi connectivity index (χ2v) is 5.55. The first-order valence-corrected chi connectivity index (χ1v) is 8.27. The Morgan fingerprint density at radius 3 is 2.48 bits per heavy atom. The second kappa shape index (κ2) is 10.2. The van der Waals surface area contributed by atoms with E-state index in [4.69, 9.17) is 19.5 Å². The highest BCUT2D eigenvalue weighted by Crippen LogP contribution is 2.28. The Bertz CT molecular complexity index is 710. The average Bonchev–Trinajstić information content (AvgIpc) is 2.65. The van der Waals surface area contributed by atoms with Crippen LogP contribution in [0.25, 0.3) is 0 Å². The number of ether oxygens (including phenoxy) is 3. The van der Waals surface area contributed by atoms with Crippen molar-refractivity contribution in [3.63, 3.8) is 0 Å². The van der Waals surface area contributed by atoms with E-state index in [9.17, 15) is 0 Å². The second-order valence-electron chi connectivity index (χ2n) is 5.55. The number of methoxy groups -OCH3 is 2. The Hall–Kier alpha value is -2.71. The van der Waals surface area contributed by atoms with Crippen molar-refractivity contribution in [1.29, 1.82) is 5.26 Å². The van der Waals surface area contributed by atoms with Crippen molar-refractivity contribution in [3.05, 3.63) is 53.6 Å². The van der Waals surface area contributed by atoms with E-state index in [-0.39, 0.29) is 0 Å². The fraction of sp³-hybridized carbons (Fsp3) is 0.350. The summed E-state index contributed by atoms with van der Waals surface area (Å²) in [5.74, 6) is 2.27. The van der Waals surface area contributed by atoms with Crippen molar-refractivity contribution in [2.45, 2.75) is 25.9 Å². The smallest absolute Gasteiger partial charge is 0.161 e. The van der Waals surface area contributed by atoms with Crippen LogP contribution in [-0.2, 0) is 13.1 Å². The molecule has 2 rings (SSSR count). The molecular weight excluding hydrogens is 316 g/mol. The van der Waals surface area contributed by atoms with Crippen molar-refractivity contribution >= 4 is 0 Å². The van der Waals surface area contributed by atoms with Crippen LogP contribution >= 0.6 is 0 Å². The van der Waals surface area contributed by atoms with E-state index in [0.29, 0.717) is 30.9 Å². The highest BCUT2D eigenvalue weighted by Gasteiger charge is 2.06. The third-order valence-electron chi connectivity index (χ3n) is 3.71. The van der Waals surface area contributed by atoms with Gasteiger partial charge in [-0.2, -0.15) is 5.26 Å². The van der Waals surface area contributed by atoms with E-state index in [1.54, 1.807) is 14.2 Å². The molecule has 0 amide bonds. The van der Waals surface area contributed by atoms with Crippen molar-refractivity contribution < 1.29 is 14.2 Å². The summed E-state index contributed by atoms with van der Waals surface area (Å²) >= 11 is 0. The molecule has 0 atom stereocenters. The van der Waals surface area contributed by atoms with Gasteiger partial charge in [-0.05, 0) is 41.8 Å². The number of nitriles is 1. The van der Waals surface area contributed by atoms with Gasteiger partial charge in [-0.15, -0.1) is 0 Å². The predicted molar refractivity (Wildman–Crippen MR) is 96.9 cm³/mol. The molecule has 0 aliphatic carbocycles. The monoisotopic (exact) mass is 340 g/mol. The molecule has 2 aromatic carbocycles. The molecule has 0 spiro atoms. The minimum atomic E-state index is 0.490. The third kappa shape index (κ3) is 6.02. The van der Waals surface area contributed by atoms with E-state index in [0.717, 1.165) is 24.4 Å². The minimum absolute atomic E-state index is 0.490. The lowest BCUT2D eigenvalue weighted by molar-refractivity contribution is 0.290. The van der Waals surface area contributed by atoms with E-state index >= 15 is 0 Å². The first kappa shape index (κ1) is 18.6. The van der Waals surface area contributed by atoms with Gasteiger partial charge in [-0.1, -0.05) is 18.2 Å². The Morgan fingerprint density at radius 1 is 0.960 bits per heavy atom. The summed E-state index contributed by atoms with van der Waals surface area (Å²) < 4.78 is 16.3. The standard InChI is InChI=1S/C20H24N2O3/c1-23-18-7-5-6-16(12-18)14-22-15-17-8-9-19(24-2)20(13-17)25-11-4-3-10-21/h5-9,12-13,22H,3-4,11,14-15H2,1-2H3. The SMILES string of the molecule is COc1cccc(CNCc2ccc(OC)c(OCCCC#N)c2)c1. The van der Waals surface area contributed by atoms with Crippen molar-refractivity contribution in [2.75, 3.05) is 20.8 Å². The Morgan fingerprint density at radius 2 is 1.76 bits per heavy atom. The molecular formula is C20H24N2O3. The Labute approximate surface area is 149 Å². The summed E-state index contributed by atoms with van der Waals surface area (Å²) in [6.45, 7) is 1.97. The first-order valence-electron chi connectivity index (χ1n) is 8.27. The number of nitrogens with one attached hydrogen (secondary N) is 1. The molecule has 1 N–H and O–H groups in total. The number of benzene rings is 2. The molecule has 25 heavy (non-hydrogen) atoms. The van der Waals surface area contributed by atoms with Gasteiger partial charge >= 0.3 is 0 Å². The molecule has 0 heterocycles. The van der Waals surface area contributed by atoms with Gasteiger partial charge < -0.3 is 19.5 Å². The molecule has 132 valence electrons. The molecule has 0 unspecified atom stereocenters. The molecule has 0 bridgehead atoms. The van der Waals surface area contributed by atoms with Gasteiger partial charge in [-0.3, -0.25) is 0 Å². The molecule has 0 saturated carbocycles. The third-order valence-corrected chi connectivity index (χ3v) is 3.71. The number of nitrogens with zero attached hydrogens (tertiary/aromatic N) is 1. The quantitative estimate of drug-likeness (QED) is 0.669. The van der Waals surface area contributed by atoms with Crippen molar-refractivity contribution in [3.8, 4) is 23.3 Å². The first-order chi connectivity index (χ1) is 12.3. The van der Waals surface area contributed by atoms with Crippen LogP contribution in [0.3, 0.4) is 0 Å². The fourth-order valence-electron chi connectivity index (χ4n) is 2.41. The zero-order valence-electron chi connectivity index (χ0n) is 14.7. The van der Waals surface area contributed by atoms with Gasteiger partial charge in [0.1, 0.15) is 5.75 Å². The molecule has 0 fully saturated rings. The summed E-state index contributed by atoms with van der Waals surface area (Å²) in [4.78, 5) is 0. The van der Waals surface area contributed by atoms with Crippen LogP contribution < -0.4 is 19.5 Å². The van der Waals surface area contributed by atoms with Crippen LogP contribution in [0.15, 0.2) is 42.5 Å². The number of rotatable bonds is 10. The van der Waals surface area contributed by atoms with Crippen LogP contribution in [0.5, 0.6) is 17.2 Å². The van der Waals surface area contributed by atoms with Gasteiger partial charge in [0.25, 0.3) is 0 Å². The molecule has 0 aromatic heterocycles. The molecule has 0 radical (unpaired) electrons. The average molecular weight is 340 g/mol. The molecule has 0 saturated heterocycles. The molecule has 0 aliphatic heterocycles. The van der Waals surface area contributed by atoms with E-state index in [2.05, 4.69) is 17.5 Å². The highest BCUT2D eigenvalue weighted by molar-refractivity contribution is 5.43. The summed E-state index contributed by atoms with van der Waals surface area (Å²) in [5, 5.41) is 12.0. The lowest BCUT2D eigenvalue weighted by atomic mass is 10.1. The Kier molecular flexibility index (Phi) is 7.61. The lowest BCUT2D eigenvalue weighted by Gasteiger charge is -2.12. The number of hydrogen-bond donors (Lipinski definition) is 1. The van der Waals surface area contributed by atoms with Crippen LogP contribution in [0.1, 0.15) is 24.0 Å². The summed E-state index contributed by atoms with van der Waals surface area (Å²) in [6, 6.07) is 16.0. The van der Waals surface area contributed by atoms with Gasteiger partial charge in [0.15, 0.2) is 11.5 Å². The summed E-state index contributed by atoms with van der Waals surface area (Å²) in [5.41, 5.74) is 2.28. The summed E-state index contributed by atoms with van der Waals surface area (Å²) in [6.07, 6.45) is 1.20. The summed E-state index contributed by atoms with van der Waals surface area (Å²) in [7, 11) is 3.29. The normalized spacial score (nSPS) is 10.1. The maximum Gasteiger partial charge on any atom is 0.161 e. The van der Waals surface area contributed by atoms with Crippen LogP contribution in [0.4, 0.5) is 0 Å². The lowest BCUT2D eigenvalue weighted by Crippen LogP contribution is -2.13. The molecule has 5 nitrogen and oxygen atoms in total. The van der Waals surface area contributed by atoms with Crippen molar-refractivity contribution in [2.24, 2.45) is 0 Å². The van der Waals surface area contributed by atoms with E-state index < -0.39 is 0 Å². The number of hydrogen-bond acceptors (Lipinski definition) is 5. The van der Waals surface area contributed by atoms with Crippen LogP contribution in [-0.4, -0.2) is 20.8 Å². The fourth-order valence-corrected chi connectivity index (χ4v) is 2.41.